The quantitative estimate of drug-likeness (QED) is 0.453. The van der Waals surface area contributed by atoms with E-state index in [1.165, 1.54) is 23.6 Å². The molecule has 0 aliphatic carbocycles. The number of anilines is 1. The van der Waals surface area contributed by atoms with Gasteiger partial charge >= 0.3 is 6.61 Å². The highest BCUT2D eigenvalue weighted by atomic mass is 35.5. The van der Waals surface area contributed by atoms with Crippen LogP contribution < -0.4 is 10.2 Å². The molecule has 0 saturated carbocycles. The fourth-order valence-corrected chi connectivity index (χ4v) is 2.87. The molecule has 3 rings (SSSR count). The summed E-state index contributed by atoms with van der Waals surface area (Å²) in [6.45, 7) is -2.94. The third kappa shape index (κ3) is 4.74. The molecular formula is C17H12ClF2N3OS. The van der Waals surface area contributed by atoms with E-state index < -0.39 is 6.61 Å². The van der Waals surface area contributed by atoms with Gasteiger partial charge in [0.1, 0.15) is 5.75 Å². The Labute approximate surface area is 151 Å². The summed E-state index contributed by atoms with van der Waals surface area (Å²) in [4.78, 5) is 4.42. The van der Waals surface area contributed by atoms with Crippen molar-refractivity contribution in [3.8, 4) is 17.0 Å². The van der Waals surface area contributed by atoms with Crippen molar-refractivity contribution >= 4 is 34.3 Å². The summed E-state index contributed by atoms with van der Waals surface area (Å²) in [5.74, 6) is -0.0443. The van der Waals surface area contributed by atoms with Crippen LogP contribution in [0, 0.1) is 0 Å². The van der Waals surface area contributed by atoms with Crippen molar-refractivity contribution in [2.45, 2.75) is 6.61 Å². The zero-order chi connectivity index (χ0) is 17.6. The van der Waals surface area contributed by atoms with Crippen LogP contribution in [0.2, 0.25) is 5.02 Å². The van der Waals surface area contributed by atoms with Gasteiger partial charge in [-0.2, -0.15) is 13.9 Å². The van der Waals surface area contributed by atoms with Crippen molar-refractivity contribution in [3.05, 3.63) is 64.5 Å². The average Bonchev–Trinajstić information content (AvgIpc) is 3.06. The Bertz CT molecular complexity index is 871. The van der Waals surface area contributed by atoms with Crippen LogP contribution in [0.25, 0.3) is 11.3 Å². The number of alkyl halides is 2. The lowest BCUT2D eigenvalue weighted by molar-refractivity contribution is -0.0499. The number of halogens is 3. The monoisotopic (exact) mass is 379 g/mol. The second-order valence-corrected chi connectivity index (χ2v) is 6.13. The van der Waals surface area contributed by atoms with Crippen LogP contribution in [0.5, 0.6) is 5.75 Å². The lowest BCUT2D eigenvalue weighted by Crippen LogP contribution is -2.04. The summed E-state index contributed by atoms with van der Waals surface area (Å²) < 4.78 is 29.3. The second kappa shape index (κ2) is 8.04. The number of hydrogen-bond acceptors (Lipinski definition) is 5. The highest BCUT2D eigenvalue weighted by molar-refractivity contribution is 7.14. The molecule has 0 atom stereocenters. The van der Waals surface area contributed by atoms with Gasteiger partial charge in [0.05, 0.1) is 11.9 Å². The van der Waals surface area contributed by atoms with Gasteiger partial charge in [0.15, 0.2) is 0 Å². The molecule has 4 nitrogen and oxygen atoms in total. The lowest BCUT2D eigenvalue weighted by atomic mass is 10.2. The molecule has 1 aromatic heterocycles. The number of thiazole rings is 1. The van der Waals surface area contributed by atoms with Crippen molar-refractivity contribution in [1.82, 2.24) is 4.98 Å². The van der Waals surface area contributed by atoms with E-state index in [1.807, 2.05) is 35.7 Å². The van der Waals surface area contributed by atoms with E-state index in [0.717, 1.165) is 11.3 Å². The van der Waals surface area contributed by atoms with Gasteiger partial charge in [0, 0.05) is 21.5 Å². The predicted octanol–water partition coefficient (Wildman–Crippen LogP) is 5.51. The number of rotatable bonds is 6. The summed E-state index contributed by atoms with van der Waals surface area (Å²) in [5.41, 5.74) is 4.98. The average molecular weight is 380 g/mol. The molecule has 25 heavy (non-hydrogen) atoms. The maximum atomic E-state index is 12.4. The molecule has 0 aliphatic rings. The Hall–Kier alpha value is -2.51. The lowest BCUT2D eigenvalue weighted by Gasteiger charge is -2.07. The third-order valence-corrected chi connectivity index (χ3v) is 4.11. The van der Waals surface area contributed by atoms with Gasteiger partial charge in [-0.05, 0) is 18.2 Å². The first-order valence-electron chi connectivity index (χ1n) is 7.16. The Morgan fingerprint density at radius 1 is 1.20 bits per heavy atom. The largest absolute Gasteiger partial charge is 0.434 e. The first-order chi connectivity index (χ1) is 12.1. The minimum Gasteiger partial charge on any atom is -0.434 e. The van der Waals surface area contributed by atoms with Crippen LogP contribution in [0.4, 0.5) is 13.9 Å². The normalized spacial score (nSPS) is 11.2. The van der Waals surface area contributed by atoms with Crippen molar-refractivity contribution in [2.24, 2.45) is 5.10 Å². The fraction of sp³-hybridized carbons (Fsp3) is 0.0588. The molecule has 0 spiro atoms. The Morgan fingerprint density at radius 3 is 2.76 bits per heavy atom. The van der Waals surface area contributed by atoms with Crippen LogP contribution in [0.3, 0.4) is 0 Å². The molecule has 8 heteroatoms. The summed E-state index contributed by atoms with van der Waals surface area (Å²) in [7, 11) is 0. The topological polar surface area (TPSA) is 46.5 Å². The van der Waals surface area contributed by atoms with E-state index >= 15 is 0 Å². The Kier molecular flexibility index (Phi) is 5.57. The Balaban J connectivity index is 1.71. The molecule has 0 bridgehead atoms. The molecule has 3 aromatic rings. The maximum Gasteiger partial charge on any atom is 0.387 e. The number of benzene rings is 2. The van der Waals surface area contributed by atoms with Crippen molar-refractivity contribution in [1.29, 1.82) is 0 Å². The number of nitrogens with one attached hydrogen (secondary N) is 1. The molecule has 128 valence electrons. The number of nitrogens with zero attached hydrogens (tertiary/aromatic N) is 2. The Morgan fingerprint density at radius 2 is 2.00 bits per heavy atom. The molecule has 0 saturated heterocycles. The van der Waals surface area contributed by atoms with Gasteiger partial charge in [0.25, 0.3) is 0 Å². The van der Waals surface area contributed by atoms with Crippen LogP contribution in [0.15, 0.2) is 59.0 Å². The molecule has 0 amide bonds. The van der Waals surface area contributed by atoms with Gasteiger partial charge in [-0.3, -0.25) is 5.43 Å². The maximum absolute atomic E-state index is 12.4. The smallest absolute Gasteiger partial charge is 0.387 e. The van der Waals surface area contributed by atoms with E-state index in [2.05, 4.69) is 20.2 Å². The molecule has 2 aromatic carbocycles. The highest BCUT2D eigenvalue weighted by Crippen LogP contribution is 2.26. The first kappa shape index (κ1) is 17.3. The predicted molar refractivity (Wildman–Crippen MR) is 96.9 cm³/mol. The molecule has 0 radical (unpaired) electrons. The fourth-order valence-electron chi connectivity index (χ4n) is 2.04. The van der Waals surface area contributed by atoms with Crippen molar-refractivity contribution in [2.75, 3.05) is 5.43 Å². The zero-order valence-electron chi connectivity index (χ0n) is 12.7. The third-order valence-electron chi connectivity index (χ3n) is 3.13. The van der Waals surface area contributed by atoms with E-state index in [-0.39, 0.29) is 5.75 Å². The van der Waals surface area contributed by atoms with Crippen molar-refractivity contribution in [3.63, 3.8) is 0 Å². The SMILES string of the molecule is FC(F)Oc1cc(Cl)ccc1C=NNc1nc(-c2ccccc2)cs1. The van der Waals surface area contributed by atoms with Crippen LogP contribution in [-0.4, -0.2) is 17.8 Å². The summed E-state index contributed by atoms with van der Waals surface area (Å²) in [5, 5.41) is 6.81. The minimum absolute atomic E-state index is 0.0443. The van der Waals surface area contributed by atoms with Gasteiger partial charge in [0.2, 0.25) is 5.13 Å². The van der Waals surface area contributed by atoms with E-state index in [1.54, 1.807) is 12.1 Å². The zero-order valence-corrected chi connectivity index (χ0v) is 14.3. The van der Waals surface area contributed by atoms with Crippen LogP contribution in [-0.2, 0) is 0 Å². The molecule has 1 N–H and O–H groups in total. The summed E-state index contributed by atoms with van der Waals surface area (Å²) in [6.07, 6.45) is 1.37. The van der Waals surface area contributed by atoms with E-state index in [9.17, 15) is 8.78 Å². The van der Waals surface area contributed by atoms with Gasteiger partial charge < -0.3 is 4.74 Å². The van der Waals surface area contributed by atoms with Gasteiger partial charge in [-0.25, -0.2) is 4.98 Å². The molecular weight excluding hydrogens is 368 g/mol. The van der Waals surface area contributed by atoms with Crippen LogP contribution >= 0.6 is 22.9 Å². The van der Waals surface area contributed by atoms with Crippen molar-refractivity contribution < 1.29 is 13.5 Å². The first-order valence-corrected chi connectivity index (χ1v) is 8.42. The van der Waals surface area contributed by atoms with E-state index in [0.29, 0.717) is 15.7 Å². The standard InChI is InChI=1S/C17H12ClF2N3OS/c18-13-7-6-12(15(8-13)24-16(19)20)9-21-23-17-22-14(10-25-17)11-4-2-1-3-5-11/h1-10,16H,(H,22,23). The highest BCUT2D eigenvalue weighted by Gasteiger charge is 2.09. The van der Waals surface area contributed by atoms with E-state index in [4.69, 9.17) is 11.6 Å². The molecule has 0 aliphatic heterocycles. The van der Waals surface area contributed by atoms with Gasteiger partial charge in [-0.1, -0.05) is 41.9 Å². The second-order valence-electron chi connectivity index (χ2n) is 4.83. The number of aromatic nitrogens is 1. The minimum atomic E-state index is -2.94. The molecule has 0 unspecified atom stereocenters. The van der Waals surface area contributed by atoms with Gasteiger partial charge in [-0.15, -0.1) is 11.3 Å². The summed E-state index contributed by atoms with van der Waals surface area (Å²) >= 11 is 7.19. The number of ether oxygens (including phenoxy) is 1. The van der Waals surface area contributed by atoms with Crippen LogP contribution in [0.1, 0.15) is 5.56 Å². The molecule has 1 heterocycles. The summed E-state index contributed by atoms with van der Waals surface area (Å²) in [6, 6.07) is 14.2. The molecule has 0 fully saturated rings. The number of hydrogen-bond donors (Lipinski definition) is 1. The number of hydrazone groups is 1.